The molecule has 4 nitrogen and oxygen atoms in total. The predicted molar refractivity (Wildman–Crippen MR) is 82.0 cm³/mol. The number of aliphatic hydroxyl groups excluding tert-OH is 1. The number of fused-ring (bicyclic) bond motifs is 1. The van der Waals surface area contributed by atoms with Crippen molar-refractivity contribution in [2.75, 3.05) is 6.61 Å². The highest BCUT2D eigenvalue weighted by molar-refractivity contribution is 6.31. The Morgan fingerprint density at radius 2 is 2.29 bits per heavy atom. The van der Waals surface area contributed by atoms with Gasteiger partial charge in [-0.05, 0) is 37.1 Å². The maximum Gasteiger partial charge on any atom is 0.122 e. The van der Waals surface area contributed by atoms with Crippen molar-refractivity contribution >= 4 is 11.6 Å². The van der Waals surface area contributed by atoms with E-state index in [0.29, 0.717) is 11.4 Å². The number of aromatic nitrogens is 2. The minimum Gasteiger partial charge on any atom is -0.493 e. The second kappa shape index (κ2) is 5.70. The molecule has 2 heterocycles. The Hall–Kier alpha value is -1.52. The van der Waals surface area contributed by atoms with Gasteiger partial charge in [-0.1, -0.05) is 17.7 Å². The van der Waals surface area contributed by atoms with E-state index in [1.165, 1.54) is 0 Å². The maximum atomic E-state index is 10.5. The Morgan fingerprint density at radius 3 is 3.05 bits per heavy atom. The molecular weight excluding hydrogens is 288 g/mol. The van der Waals surface area contributed by atoms with Crippen LogP contribution >= 0.6 is 11.6 Å². The van der Waals surface area contributed by atoms with Gasteiger partial charge in [-0.3, -0.25) is 4.68 Å². The quantitative estimate of drug-likeness (QED) is 0.944. The molecule has 0 saturated heterocycles. The van der Waals surface area contributed by atoms with Gasteiger partial charge in [0.05, 0.1) is 29.1 Å². The lowest BCUT2D eigenvalue weighted by molar-refractivity contribution is 0.175. The Morgan fingerprint density at radius 1 is 1.48 bits per heavy atom. The second-order valence-electron chi connectivity index (χ2n) is 5.35. The van der Waals surface area contributed by atoms with E-state index in [9.17, 15) is 5.11 Å². The van der Waals surface area contributed by atoms with Gasteiger partial charge in [0.2, 0.25) is 0 Å². The summed E-state index contributed by atoms with van der Waals surface area (Å²) >= 11 is 6.30. The highest BCUT2D eigenvalue weighted by Crippen LogP contribution is 2.31. The molecule has 21 heavy (non-hydrogen) atoms. The molecule has 1 aliphatic heterocycles. The van der Waals surface area contributed by atoms with Crippen LogP contribution in [-0.2, 0) is 19.4 Å². The maximum absolute atomic E-state index is 10.5. The number of aliphatic hydroxyl groups is 1. The first-order valence-electron chi connectivity index (χ1n) is 7.25. The zero-order chi connectivity index (χ0) is 15.0. The molecule has 1 aromatic heterocycles. The number of aryl methyl sites for hydroxylation is 2. The van der Waals surface area contributed by atoms with E-state index >= 15 is 0 Å². The van der Waals surface area contributed by atoms with Crippen molar-refractivity contribution in [2.45, 2.75) is 39.3 Å². The minimum atomic E-state index is -0.588. The summed E-state index contributed by atoms with van der Waals surface area (Å²) in [6, 6.07) is 5.88. The van der Waals surface area contributed by atoms with Crippen molar-refractivity contribution in [3.63, 3.8) is 0 Å². The first-order chi connectivity index (χ1) is 10.1. The molecule has 0 amide bonds. The molecule has 0 spiro atoms. The van der Waals surface area contributed by atoms with E-state index in [2.05, 4.69) is 5.10 Å². The lowest BCUT2D eigenvalue weighted by atomic mass is 10.0. The summed E-state index contributed by atoms with van der Waals surface area (Å²) in [5.74, 6) is 0.929. The van der Waals surface area contributed by atoms with E-state index in [4.69, 9.17) is 16.3 Å². The Kier molecular flexibility index (Phi) is 3.91. The van der Waals surface area contributed by atoms with Crippen LogP contribution in [0.3, 0.4) is 0 Å². The standard InChI is InChI=1S/C16H19ClN2O2/c1-3-19-13(16(17)10(2)18-19)9-14(20)11-4-5-15-12(8-11)6-7-21-15/h4-5,8,14,20H,3,6-7,9H2,1-2H3. The van der Waals surface area contributed by atoms with Crippen molar-refractivity contribution in [2.24, 2.45) is 0 Å². The molecule has 5 heteroatoms. The summed E-state index contributed by atoms with van der Waals surface area (Å²) in [5.41, 5.74) is 3.76. The lowest BCUT2D eigenvalue weighted by Gasteiger charge is -2.13. The van der Waals surface area contributed by atoms with Crippen molar-refractivity contribution in [3.05, 3.63) is 45.7 Å². The largest absolute Gasteiger partial charge is 0.493 e. The molecule has 1 aromatic carbocycles. The highest BCUT2D eigenvalue weighted by Gasteiger charge is 2.20. The van der Waals surface area contributed by atoms with Gasteiger partial charge < -0.3 is 9.84 Å². The number of halogens is 1. The summed E-state index contributed by atoms with van der Waals surface area (Å²) in [6.45, 7) is 5.37. The number of hydrogen-bond donors (Lipinski definition) is 1. The van der Waals surface area contributed by atoms with Crippen LogP contribution in [0.25, 0.3) is 0 Å². The second-order valence-corrected chi connectivity index (χ2v) is 5.73. The summed E-state index contributed by atoms with van der Waals surface area (Å²) in [4.78, 5) is 0. The van der Waals surface area contributed by atoms with Crippen molar-refractivity contribution in [1.82, 2.24) is 9.78 Å². The molecule has 112 valence electrons. The SMILES string of the molecule is CCn1nc(C)c(Cl)c1CC(O)c1ccc2c(c1)CCO2. The molecule has 1 atom stereocenters. The van der Waals surface area contributed by atoms with E-state index in [1.54, 1.807) is 0 Å². The van der Waals surface area contributed by atoms with Crippen LogP contribution in [0.4, 0.5) is 0 Å². The first kappa shape index (κ1) is 14.4. The van der Waals surface area contributed by atoms with Gasteiger partial charge in [-0.25, -0.2) is 0 Å². The average Bonchev–Trinajstić information content (AvgIpc) is 3.05. The highest BCUT2D eigenvalue weighted by atomic mass is 35.5. The number of ether oxygens (including phenoxy) is 1. The van der Waals surface area contributed by atoms with Crippen LogP contribution in [-0.4, -0.2) is 21.5 Å². The van der Waals surface area contributed by atoms with Gasteiger partial charge in [-0.15, -0.1) is 0 Å². The topological polar surface area (TPSA) is 47.3 Å². The van der Waals surface area contributed by atoms with Gasteiger partial charge in [0.15, 0.2) is 0 Å². The fraction of sp³-hybridized carbons (Fsp3) is 0.438. The molecule has 0 radical (unpaired) electrons. The first-order valence-corrected chi connectivity index (χ1v) is 7.63. The Balaban J connectivity index is 1.85. The number of nitrogens with zero attached hydrogens (tertiary/aromatic N) is 2. The normalized spacial score (nSPS) is 14.9. The Labute approximate surface area is 129 Å². The summed E-state index contributed by atoms with van der Waals surface area (Å²) in [5, 5.41) is 15.6. The zero-order valence-corrected chi connectivity index (χ0v) is 13.0. The zero-order valence-electron chi connectivity index (χ0n) is 12.3. The molecule has 0 fully saturated rings. The van der Waals surface area contributed by atoms with E-state index in [1.807, 2.05) is 36.7 Å². The van der Waals surface area contributed by atoms with Crippen LogP contribution in [0.2, 0.25) is 5.02 Å². The molecule has 0 aliphatic carbocycles. The molecule has 1 N–H and O–H groups in total. The Bertz CT molecular complexity index is 667. The fourth-order valence-electron chi connectivity index (χ4n) is 2.78. The van der Waals surface area contributed by atoms with Crippen LogP contribution in [0.1, 0.15) is 35.5 Å². The third-order valence-electron chi connectivity index (χ3n) is 3.94. The summed E-state index contributed by atoms with van der Waals surface area (Å²) in [6.07, 6.45) is 0.783. The molecule has 1 unspecified atom stereocenters. The smallest absolute Gasteiger partial charge is 0.122 e. The molecule has 2 aromatic rings. The van der Waals surface area contributed by atoms with Gasteiger partial charge >= 0.3 is 0 Å². The lowest BCUT2D eigenvalue weighted by Crippen LogP contribution is -2.09. The van der Waals surface area contributed by atoms with Gasteiger partial charge in [0, 0.05) is 19.4 Å². The minimum absolute atomic E-state index is 0.465. The van der Waals surface area contributed by atoms with Gasteiger partial charge in [-0.2, -0.15) is 5.10 Å². The molecule has 0 bridgehead atoms. The number of hydrogen-bond acceptors (Lipinski definition) is 3. The molecular formula is C16H19ClN2O2. The summed E-state index contributed by atoms with van der Waals surface area (Å²) < 4.78 is 7.35. The molecule has 0 saturated carbocycles. The van der Waals surface area contributed by atoms with Crippen molar-refractivity contribution in [1.29, 1.82) is 0 Å². The predicted octanol–water partition coefficient (Wildman–Crippen LogP) is 3.08. The third kappa shape index (κ3) is 2.65. The van der Waals surface area contributed by atoms with Crippen molar-refractivity contribution in [3.8, 4) is 5.75 Å². The summed E-state index contributed by atoms with van der Waals surface area (Å²) in [7, 11) is 0. The van der Waals surface area contributed by atoms with Crippen LogP contribution in [0.15, 0.2) is 18.2 Å². The molecule has 3 rings (SSSR count). The van der Waals surface area contributed by atoms with Gasteiger partial charge in [0.1, 0.15) is 5.75 Å². The third-order valence-corrected chi connectivity index (χ3v) is 4.43. The van der Waals surface area contributed by atoms with E-state index < -0.39 is 6.10 Å². The fourth-order valence-corrected chi connectivity index (χ4v) is 2.99. The monoisotopic (exact) mass is 306 g/mol. The average molecular weight is 307 g/mol. The number of benzene rings is 1. The van der Waals surface area contributed by atoms with Gasteiger partial charge in [0.25, 0.3) is 0 Å². The van der Waals surface area contributed by atoms with Crippen LogP contribution in [0.5, 0.6) is 5.75 Å². The van der Waals surface area contributed by atoms with Crippen LogP contribution in [0, 0.1) is 6.92 Å². The van der Waals surface area contributed by atoms with E-state index in [-0.39, 0.29) is 0 Å². The number of rotatable bonds is 4. The molecule has 1 aliphatic rings. The van der Waals surface area contributed by atoms with Crippen molar-refractivity contribution < 1.29 is 9.84 Å². The van der Waals surface area contributed by atoms with E-state index in [0.717, 1.165) is 47.8 Å². The van der Waals surface area contributed by atoms with Crippen LogP contribution < -0.4 is 4.74 Å².